The van der Waals surface area contributed by atoms with Crippen LogP contribution in [0.5, 0.6) is 0 Å². The zero-order valence-electron chi connectivity index (χ0n) is 12.1. The molecule has 1 aromatic rings. The minimum atomic E-state index is -0.398. The van der Waals surface area contributed by atoms with Crippen LogP contribution in [0.3, 0.4) is 0 Å². The van der Waals surface area contributed by atoms with E-state index in [1.54, 1.807) is 11.9 Å². The molecule has 0 saturated carbocycles. The van der Waals surface area contributed by atoms with Gasteiger partial charge >= 0.3 is 0 Å². The third-order valence-corrected chi connectivity index (χ3v) is 3.42. The van der Waals surface area contributed by atoms with Crippen LogP contribution in [0.4, 0.5) is 0 Å². The van der Waals surface area contributed by atoms with Crippen LogP contribution in [0.25, 0.3) is 0 Å². The van der Waals surface area contributed by atoms with Crippen LogP contribution < -0.4 is 11.1 Å². The zero-order valence-corrected chi connectivity index (χ0v) is 12.1. The molecule has 1 aliphatic rings. The van der Waals surface area contributed by atoms with Gasteiger partial charge < -0.3 is 16.0 Å². The van der Waals surface area contributed by atoms with Gasteiger partial charge in [0.05, 0.1) is 6.54 Å². The van der Waals surface area contributed by atoms with Crippen molar-refractivity contribution < 1.29 is 9.59 Å². The molecule has 2 amide bonds. The van der Waals surface area contributed by atoms with Crippen molar-refractivity contribution in [2.45, 2.75) is 25.4 Å². The lowest BCUT2D eigenvalue weighted by molar-refractivity contribution is -0.133. The average molecular weight is 285 g/mol. The third kappa shape index (κ3) is 3.83. The summed E-state index contributed by atoms with van der Waals surface area (Å²) in [5, 5.41) is 2.69. The van der Waals surface area contributed by atoms with E-state index in [4.69, 9.17) is 5.73 Å². The van der Waals surface area contributed by atoms with Crippen molar-refractivity contribution in [1.82, 2.24) is 10.2 Å². The van der Waals surface area contributed by atoms with Crippen molar-refractivity contribution in [3.8, 4) is 11.8 Å². The molecular weight excluding hydrogens is 266 g/mol. The van der Waals surface area contributed by atoms with Gasteiger partial charge in [0.1, 0.15) is 6.04 Å². The number of nitrogens with two attached hydrogens (primary N) is 1. The largest absolute Gasteiger partial charge is 0.344 e. The van der Waals surface area contributed by atoms with Crippen molar-refractivity contribution >= 4 is 11.8 Å². The van der Waals surface area contributed by atoms with Crippen LogP contribution in [-0.2, 0) is 16.1 Å². The summed E-state index contributed by atoms with van der Waals surface area (Å²) in [4.78, 5) is 25.1. The molecule has 5 nitrogen and oxygen atoms in total. The van der Waals surface area contributed by atoms with E-state index in [0.29, 0.717) is 25.9 Å². The van der Waals surface area contributed by atoms with E-state index in [0.717, 1.165) is 11.1 Å². The highest BCUT2D eigenvalue weighted by atomic mass is 16.2. The molecule has 0 aromatic heterocycles. The fourth-order valence-corrected chi connectivity index (χ4v) is 2.33. The molecule has 1 aromatic carbocycles. The number of rotatable bonds is 3. The van der Waals surface area contributed by atoms with Gasteiger partial charge in [0.25, 0.3) is 0 Å². The molecule has 21 heavy (non-hydrogen) atoms. The van der Waals surface area contributed by atoms with Crippen LogP contribution in [0.15, 0.2) is 24.3 Å². The molecule has 1 aliphatic heterocycles. The number of nitrogens with one attached hydrogen (secondary N) is 1. The Kier molecular flexibility index (Phi) is 4.96. The minimum Gasteiger partial charge on any atom is -0.344 e. The summed E-state index contributed by atoms with van der Waals surface area (Å²) >= 11 is 0. The quantitative estimate of drug-likeness (QED) is 0.781. The van der Waals surface area contributed by atoms with Crippen LogP contribution in [0.1, 0.15) is 24.0 Å². The third-order valence-electron chi connectivity index (χ3n) is 3.42. The van der Waals surface area contributed by atoms with Crippen LogP contribution in [0, 0.1) is 11.8 Å². The summed E-state index contributed by atoms with van der Waals surface area (Å²) in [6.45, 7) is 0.762. The summed E-state index contributed by atoms with van der Waals surface area (Å²) in [5.41, 5.74) is 7.24. The second-order valence-electron chi connectivity index (χ2n) is 5.02. The molecule has 1 saturated heterocycles. The second kappa shape index (κ2) is 6.91. The van der Waals surface area contributed by atoms with Gasteiger partial charge in [0.15, 0.2) is 0 Å². The fraction of sp³-hybridized carbons (Fsp3) is 0.375. The SMILES string of the molecule is CN(Cc1ccccc1C#CCN)C(=O)C1CCC(=O)N1. The summed E-state index contributed by atoms with van der Waals surface area (Å²) in [6.07, 6.45) is 0.986. The van der Waals surface area contributed by atoms with E-state index in [9.17, 15) is 9.59 Å². The second-order valence-corrected chi connectivity index (χ2v) is 5.02. The van der Waals surface area contributed by atoms with Gasteiger partial charge in [0.2, 0.25) is 11.8 Å². The summed E-state index contributed by atoms with van der Waals surface area (Å²) in [7, 11) is 1.74. The Morgan fingerprint density at radius 3 is 2.90 bits per heavy atom. The van der Waals surface area contributed by atoms with Crippen molar-refractivity contribution in [2.75, 3.05) is 13.6 Å². The highest BCUT2D eigenvalue weighted by Gasteiger charge is 2.29. The van der Waals surface area contributed by atoms with Gasteiger partial charge in [-0.15, -0.1) is 0 Å². The molecule has 1 unspecified atom stereocenters. The van der Waals surface area contributed by atoms with Gasteiger partial charge in [0, 0.05) is 25.6 Å². The fourth-order valence-electron chi connectivity index (χ4n) is 2.33. The Morgan fingerprint density at radius 2 is 2.24 bits per heavy atom. The Hall–Kier alpha value is -2.32. The first kappa shape index (κ1) is 15.1. The van der Waals surface area contributed by atoms with E-state index in [2.05, 4.69) is 17.2 Å². The van der Waals surface area contributed by atoms with Crippen molar-refractivity contribution in [2.24, 2.45) is 5.73 Å². The molecule has 0 bridgehead atoms. The molecule has 1 atom stereocenters. The number of nitrogens with zero attached hydrogens (tertiary/aromatic N) is 1. The van der Waals surface area contributed by atoms with E-state index in [1.807, 2.05) is 24.3 Å². The first-order chi connectivity index (χ1) is 10.1. The van der Waals surface area contributed by atoms with E-state index < -0.39 is 6.04 Å². The summed E-state index contributed by atoms with van der Waals surface area (Å²) < 4.78 is 0. The normalized spacial score (nSPS) is 16.9. The van der Waals surface area contributed by atoms with Gasteiger partial charge in [-0.25, -0.2) is 0 Å². The molecule has 0 aliphatic carbocycles. The molecule has 1 heterocycles. The lowest BCUT2D eigenvalue weighted by Crippen LogP contribution is -2.42. The Bertz CT molecular complexity index is 601. The number of carbonyl (C=O) groups excluding carboxylic acids is 2. The maximum absolute atomic E-state index is 12.3. The van der Waals surface area contributed by atoms with E-state index >= 15 is 0 Å². The summed E-state index contributed by atoms with van der Waals surface area (Å²) in [6, 6.07) is 7.28. The Balaban J connectivity index is 2.07. The summed E-state index contributed by atoms with van der Waals surface area (Å²) in [5.74, 6) is 5.71. The van der Waals surface area contributed by atoms with Crippen LogP contribution in [-0.4, -0.2) is 36.3 Å². The average Bonchev–Trinajstić information content (AvgIpc) is 2.92. The number of benzene rings is 1. The standard InChI is InChI=1S/C16H19N3O2/c1-19(16(21)14-8-9-15(20)18-14)11-13-6-3-2-5-12(13)7-4-10-17/h2-3,5-6,14H,8-11,17H2,1H3,(H,18,20). The lowest BCUT2D eigenvalue weighted by atomic mass is 10.1. The molecule has 2 rings (SSSR count). The Morgan fingerprint density at radius 1 is 1.48 bits per heavy atom. The highest BCUT2D eigenvalue weighted by molar-refractivity contribution is 5.90. The first-order valence-corrected chi connectivity index (χ1v) is 6.93. The number of hydrogen-bond donors (Lipinski definition) is 2. The number of hydrogen-bond acceptors (Lipinski definition) is 3. The molecule has 5 heteroatoms. The van der Waals surface area contributed by atoms with Gasteiger partial charge in [-0.2, -0.15) is 0 Å². The van der Waals surface area contributed by atoms with Crippen LogP contribution in [0.2, 0.25) is 0 Å². The van der Waals surface area contributed by atoms with E-state index in [-0.39, 0.29) is 11.8 Å². The topological polar surface area (TPSA) is 75.4 Å². The molecule has 1 fully saturated rings. The molecule has 0 radical (unpaired) electrons. The predicted octanol–water partition coefficient (Wildman–Crippen LogP) is 0.234. The smallest absolute Gasteiger partial charge is 0.245 e. The van der Waals surface area contributed by atoms with Gasteiger partial charge in [-0.1, -0.05) is 30.0 Å². The zero-order chi connectivity index (χ0) is 15.2. The first-order valence-electron chi connectivity index (χ1n) is 6.93. The van der Waals surface area contributed by atoms with E-state index in [1.165, 1.54) is 0 Å². The van der Waals surface area contributed by atoms with Gasteiger partial charge in [-0.3, -0.25) is 9.59 Å². The molecule has 3 N–H and O–H groups in total. The predicted molar refractivity (Wildman–Crippen MR) is 80.0 cm³/mol. The van der Waals surface area contributed by atoms with Crippen LogP contribution >= 0.6 is 0 Å². The number of amides is 2. The molecule has 110 valence electrons. The maximum atomic E-state index is 12.3. The van der Waals surface area contributed by atoms with Crippen molar-refractivity contribution in [1.29, 1.82) is 0 Å². The van der Waals surface area contributed by atoms with Crippen molar-refractivity contribution in [3.05, 3.63) is 35.4 Å². The molecular formula is C16H19N3O2. The maximum Gasteiger partial charge on any atom is 0.245 e. The number of likely N-dealkylation sites (N-methyl/N-ethyl adjacent to an activating group) is 1. The van der Waals surface area contributed by atoms with Crippen molar-refractivity contribution in [3.63, 3.8) is 0 Å². The Labute approximate surface area is 124 Å². The monoisotopic (exact) mass is 285 g/mol. The van der Waals surface area contributed by atoms with Gasteiger partial charge in [-0.05, 0) is 18.1 Å². The number of carbonyl (C=O) groups is 2. The molecule has 0 spiro atoms. The highest BCUT2D eigenvalue weighted by Crippen LogP contribution is 2.13. The minimum absolute atomic E-state index is 0.0593. The lowest BCUT2D eigenvalue weighted by Gasteiger charge is -2.21.